The zero-order chi connectivity index (χ0) is 22.1. The maximum atomic E-state index is 13.5. The minimum absolute atomic E-state index is 0.311. The van der Waals surface area contributed by atoms with E-state index in [9.17, 15) is 8.78 Å². The Labute approximate surface area is 190 Å². The van der Waals surface area contributed by atoms with E-state index in [-0.39, 0.29) is 0 Å². The topological polar surface area (TPSA) is 48.9 Å². The molecule has 3 unspecified atom stereocenters. The van der Waals surface area contributed by atoms with Crippen molar-refractivity contribution in [3.8, 4) is 0 Å². The third kappa shape index (κ3) is 4.14. The van der Waals surface area contributed by atoms with Gasteiger partial charge in [-0.3, -0.25) is 9.89 Å². The molecule has 0 bridgehead atoms. The molecule has 32 heavy (non-hydrogen) atoms. The molecule has 5 nitrogen and oxygen atoms in total. The fourth-order valence-corrected chi connectivity index (χ4v) is 6.67. The van der Waals surface area contributed by atoms with Gasteiger partial charge >= 0.3 is 0 Å². The summed E-state index contributed by atoms with van der Waals surface area (Å²) in [7, 11) is 0. The summed E-state index contributed by atoms with van der Waals surface area (Å²) >= 11 is 0. The summed E-state index contributed by atoms with van der Waals surface area (Å²) in [6, 6.07) is 5.06. The summed E-state index contributed by atoms with van der Waals surface area (Å²) in [6.07, 6.45) is 8.81. The molecule has 2 aliphatic heterocycles. The number of ether oxygens (including phenoxy) is 1. The molecular weight excluding hydrogens is 410 g/mol. The van der Waals surface area contributed by atoms with Crippen molar-refractivity contribution < 1.29 is 13.5 Å². The summed E-state index contributed by atoms with van der Waals surface area (Å²) in [5.41, 5.74) is 1.14. The van der Waals surface area contributed by atoms with Crippen molar-refractivity contribution in [1.29, 1.82) is 0 Å². The molecule has 2 heterocycles. The van der Waals surface area contributed by atoms with Crippen molar-refractivity contribution in [2.75, 3.05) is 26.2 Å². The van der Waals surface area contributed by atoms with E-state index in [0.29, 0.717) is 36.1 Å². The largest absolute Gasteiger partial charge is 0.377 e. The lowest BCUT2D eigenvalue weighted by Crippen LogP contribution is -2.69. The molecule has 4 fully saturated rings. The van der Waals surface area contributed by atoms with Crippen LogP contribution in [-0.2, 0) is 11.3 Å². The maximum Gasteiger partial charge on any atom is 0.191 e. The van der Waals surface area contributed by atoms with Crippen LogP contribution in [0, 0.1) is 23.0 Å². The van der Waals surface area contributed by atoms with Gasteiger partial charge in [-0.25, -0.2) is 8.78 Å². The maximum absolute atomic E-state index is 13.5. The first-order valence-corrected chi connectivity index (χ1v) is 12.4. The predicted octanol–water partition coefficient (Wildman–Crippen LogP) is 3.83. The first-order chi connectivity index (χ1) is 15.6. The smallest absolute Gasteiger partial charge is 0.191 e. The van der Waals surface area contributed by atoms with Crippen LogP contribution in [0.2, 0.25) is 0 Å². The Hall–Kier alpha value is -1.73. The highest BCUT2D eigenvalue weighted by molar-refractivity contribution is 5.80. The monoisotopic (exact) mass is 446 g/mol. The summed E-state index contributed by atoms with van der Waals surface area (Å²) in [5.74, 6) is 0.0211. The number of hydrogen-bond donors (Lipinski definition) is 2. The Balaban J connectivity index is 1.15. The molecule has 0 aromatic heterocycles. The normalized spacial score (nSPS) is 30.3. The van der Waals surface area contributed by atoms with Crippen LogP contribution in [0.4, 0.5) is 8.78 Å². The Bertz CT molecular complexity index is 833. The number of halogens is 2. The number of nitrogens with zero attached hydrogens (tertiary/aromatic N) is 2. The summed E-state index contributed by atoms with van der Waals surface area (Å²) < 4.78 is 32.8. The second-order valence-corrected chi connectivity index (χ2v) is 10.1. The summed E-state index contributed by atoms with van der Waals surface area (Å²) in [4.78, 5) is 7.09. The highest BCUT2D eigenvalue weighted by atomic mass is 19.2. The number of hydrogen-bond acceptors (Lipinski definition) is 3. The highest BCUT2D eigenvalue weighted by Gasteiger charge is 2.65. The Morgan fingerprint density at radius 3 is 2.62 bits per heavy atom. The van der Waals surface area contributed by atoms with Gasteiger partial charge in [0, 0.05) is 56.2 Å². The van der Waals surface area contributed by atoms with E-state index >= 15 is 0 Å². The lowest BCUT2D eigenvalue weighted by atomic mass is 9.54. The Kier molecular flexibility index (Phi) is 6.39. The molecule has 4 aliphatic rings. The number of guanidine groups is 1. The molecule has 2 N–H and O–H groups in total. The quantitative estimate of drug-likeness (QED) is 0.533. The average molecular weight is 447 g/mol. The first kappa shape index (κ1) is 22.1. The SMILES string of the molecule is CCN=C(NC1CCN(Cc2ccc(F)c(F)c2)CC1)NC1C2CCOC2C12CCCC2. The molecule has 2 aliphatic carbocycles. The van der Waals surface area contributed by atoms with E-state index < -0.39 is 11.6 Å². The third-order valence-electron chi connectivity index (χ3n) is 8.21. The van der Waals surface area contributed by atoms with Crippen molar-refractivity contribution in [2.45, 2.75) is 76.6 Å². The summed E-state index contributed by atoms with van der Waals surface area (Å²) in [6.45, 7) is 6.27. The number of rotatable bonds is 5. The number of likely N-dealkylation sites (tertiary alicyclic amines) is 1. The van der Waals surface area contributed by atoms with E-state index in [4.69, 9.17) is 9.73 Å². The molecule has 2 saturated heterocycles. The van der Waals surface area contributed by atoms with Crippen LogP contribution in [0.25, 0.3) is 0 Å². The highest BCUT2D eigenvalue weighted by Crippen LogP contribution is 2.60. The van der Waals surface area contributed by atoms with Gasteiger partial charge in [-0.2, -0.15) is 0 Å². The van der Waals surface area contributed by atoms with Gasteiger partial charge in [0.2, 0.25) is 0 Å². The number of nitrogens with one attached hydrogen (secondary N) is 2. The number of benzene rings is 1. The van der Waals surface area contributed by atoms with Crippen LogP contribution < -0.4 is 10.6 Å². The van der Waals surface area contributed by atoms with Crippen LogP contribution in [0.1, 0.15) is 57.4 Å². The molecular formula is C25H36F2N4O. The van der Waals surface area contributed by atoms with E-state index in [2.05, 4.69) is 22.5 Å². The van der Waals surface area contributed by atoms with Gasteiger partial charge in [0.05, 0.1) is 6.10 Å². The van der Waals surface area contributed by atoms with Crippen molar-refractivity contribution in [3.63, 3.8) is 0 Å². The molecule has 1 aromatic rings. The zero-order valence-electron chi connectivity index (χ0n) is 19.1. The standard InChI is InChI=1S/C25H36F2N4O/c1-2-28-24(30-22-19-9-14-32-23(19)25(22)10-3-4-11-25)29-18-7-12-31(13-8-18)16-17-5-6-20(26)21(27)15-17/h5-6,15,18-19,22-23H,2-4,7-14,16H2,1H3,(H2,28,29,30). The molecule has 2 saturated carbocycles. The van der Waals surface area contributed by atoms with Gasteiger partial charge in [0.15, 0.2) is 17.6 Å². The zero-order valence-corrected chi connectivity index (χ0v) is 19.1. The molecule has 0 radical (unpaired) electrons. The van der Waals surface area contributed by atoms with E-state index in [1.165, 1.54) is 37.8 Å². The second-order valence-electron chi connectivity index (χ2n) is 10.1. The minimum Gasteiger partial charge on any atom is -0.377 e. The molecule has 1 spiro atoms. The van der Waals surface area contributed by atoms with Crippen LogP contribution in [0.5, 0.6) is 0 Å². The van der Waals surface area contributed by atoms with Gasteiger partial charge in [-0.1, -0.05) is 18.9 Å². The number of piperidine rings is 1. The van der Waals surface area contributed by atoms with Crippen LogP contribution >= 0.6 is 0 Å². The van der Waals surface area contributed by atoms with Crippen molar-refractivity contribution >= 4 is 5.96 Å². The lowest BCUT2D eigenvalue weighted by Gasteiger charge is -2.57. The van der Waals surface area contributed by atoms with Crippen molar-refractivity contribution in [3.05, 3.63) is 35.4 Å². The fourth-order valence-electron chi connectivity index (χ4n) is 6.67. The second kappa shape index (κ2) is 9.26. The van der Waals surface area contributed by atoms with E-state index in [0.717, 1.165) is 57.0 Å². The number of fused-ring (bicyclic) bond motifs is 2. The van der Waals surface area contributed by atoms with Gasteiger partial charge in [-0.05, 0) is 56.7 Å². The van der Waals surface area contributed by atoms with Crippen molar-refractivity contribution in [2.24, 2.45) is 16.3 Å². The summed E-state index contributed by atoms with van der Waals surface area (Å²) in [5, 5.41) is 7.54. The molecule has 3 atom stereocenters. The predicted molar refractivity (Wildman–Crippen MR) is 121 cm³/mol. The number of aliphatic imine (C=N–C) groups is 1. The minimum atomic E-state index is -0.784. The van der Waals surface area contributed by atoms with Crippen LogP contribution in [-0.4, -0.2) is 55.3 Å². The van der Waals surface area contributed by atoms with Gasteiger partial charge in [0.1, 0.15) is 0 Å². The third-order valence-corrected chi connectivity index (χ3v) is 8.21. The van der Waals surface area contributed by atoms with E-state index in [1.54, 1.807) is 6.07 Å². The molecule has 0 amide bonds. The van der Waals surface area contributed by atoms with Gasteiger partial charge in [0.25, 0.3) is 0 Å². The fraction of sp³-hybridized carbons (Fsp3) is 0.720. The van der Waals surface area contributed by atoms with Crippen LogP contribution in [0.15, 0.2) is 23.2 Å². The molecule has 7 heteroatoms. The van der Waals surface area contributed by atoms with Gasteiger partial charge < -0.3 is 15.4 Å². The molecule has 5 rings (SSSR count). The van der Waals surface area contributed by atoms with Gasteiger partial charge in [-0.15, -0.1) is 0 Å². The first-order valence-electron chi connectivity index (χ1n) is 12.4. The Morgan fingerprint density at radius 1 is 1.12 bits per heavy atom. The average Bonchev–Trinajstić information content (AvgIpc) is 3.45. The molecule has 1 aromatic carbocycles. The van der Waals surface area contributed by atoms with E-state index in [1.807, 2.05) is 0 Å². The lowest BCUT2D eigenvalue weighted by molar-refractivity contribution is -0.125. The Morgan fingerprint density at radius 2 is 1.91 bits per heavy atom. The van der Waals surface area contributed by atoms with Crippen LogP contribution in [0.3, 0.4) is 0 Å². The van der Waals surface area contributed by atoms with Crippen molar-refractivity contribution in [1.82, 2.24) is 15.5 Å². The molecule has 176 valence electrons.